The second kappa shape index (κ2) is 5.21. The summed E-state index contributed by atoms with van der Waals surface area (Å²) < 4.78 is 13.5. The quantitative estimate of drug-likeness (QED) is 0.877. The Labute approximate surface area is 120 Å². The molecule has 0 saturated carbocycles. The molecule has 2 N–H and O–H groups in total. The number of hydrogen-bond donors (Lipinski definition) is 2. The zero-order valence-electron chi connectivity index (χ0n) is 10.5. The van der Waals surface area contributed by atoms with Crippen LogP contribution in [0.15, 0.2) is 22.7 Å². The van der Waals surface area contributed by atoms with Gasteiger partial charge in [-0.2, -0.15) is 0 Å². The Morgan fingerprint density at radius 1 is 1.32 bits per heavy atom. The van der Waals surface area contributed by atoms with Crippen LogP contribution in [0.25, 0.3) is 0 Å². The molecular formula is C14H16BrFN2O. The molecule has 0 aliphatic carbocycles. The van der Waals surface area contributed by atoms with Gasteiger partial charge in [0.05, 0.1) is 4.47 Å². The number of piperidine rings is 1. The largest absolute Gasteiger partial charge is 0.349 e. The van der Waals surface area contributed by atoms with Crippen molar-refractivity contribution in [2.75, 3.05) is 0 Å². The average molecular weight is 327 g/mol. The number of hydrogen-bond acceptors (Lipinski definition) is 2. The third-order valence-electron chi connectivity index (χ3n) is 3.99. The van der Waals surface area contributed by atoms with Crippen molar-refractivity contribution in [2.45, 2.75) is 43.8 Å². The van der Waals surface area contributed by atoms with Gasteiger partial charge in [0, 0.05) is 23.7 Å². The Bertz CT molecular complexity index is 496. The predicted molar refractivity (Wildman–Crippen MR) is 74.5 cm³/mol. The van der Waals surface area contributed by atoms with Crippen LogP contribution in [0.4, 0.5) is 4.39 Å². The first kappa shape index (κ1) is 13.1. The molecule has 2 heterocycles. The number of nitrogens with one attached hydrogen (secondary N) is 2. The number of benzene rings is 1. The average Bonchev–Trinajstić information content (AvgIpc) is 2.72. The van der Waals surface area contributed by atoms with Crippen molar-refractivity contribution in [3.05, 3.63) is 34.1 Å². The molecule has 0 spiro atoms. The van der Waals surface area contributed by atoms with Crippen LogP contribution in [0.5, 0.6) is 0 Å². The molecular weight excluding hydrogens is 311 g/mol. The lowest BCUT2D eigenvalue weighted by molar-refractivity contribution is 0.0924. The number of amides is 1. The Balaban J connectivity index is 1.66. The lowest BCUT2D eigenvalue weighted by Crippen LogP contribution is -2.48. The molecule has 5 heteroatoms. The molecule has 2 saturated heterocycles. The molecule has 3 rings (SSSR count). The summed E-state index contributed by atoms with van der Waals surface area (Å²) in [5, 5.41) is 6.60. The van der Waals surface area contributed by atoms with Gasteiger partial charge in [-0.05, 0) is 59.8 Å². The lowest BCUT2D eigenvalue weighted by atomic mass is 9.99. The Hall–Kier alpha value is -0.940. The minimum absolute atomic E-state index is 0.119. The van der Waals surface area contributed by atoms with Crippen LogP contribution >= 0.6 is 15.9 Å². The monoisotopic (exact) mass is 326 g/mol. The molecule has 19 heavy (non-hydrogen) atoms. The molecule has 0 aromatic heterocycles. The topological polar surface area (TPSA) is 41.1 Å². The van der Waals surface area contributed by atoms with E-state index in [-0.39, 0.29) is 17.8 Å². The zero-order valence-corrected chi connectivity index (χ0v) is 12.0. The van der Waals surface area contributed by atoms with Crippen molar-refractivity contribution < 1.29 is 9.18 Å². The van der Waals surface area contributed by atoms with Crippen molar-refractivity contribution in [3.8, 4) is 0 Å². The fourth-order valence-corrected chi connectivity index (χ4v) is 3.46. The van der Waals surface area contributed by atoms with Crippen molar-refractivity contribution in [3.63, 3.8) is 0 Å². The summed E-state index contributed by atoms with van der Waals surface area (Å²) in [6, 6.07) is 5.68. The molecule has 1 amide bonds. The van der Waals surface area contributed by atoms with Gasteiger partial charge in [-0.1, -0.05) is 0 Å². The van der Waals surface area contributed by atoms with Crippen LogP contribution < -0.4 is 10.6 Å². The number of carbonyl (C=O) groups excluding carboxylic acids is 1. The highest BCUT2D eigenvalue weighted by Crippen LogP contribution is 2.27. The molecule has 1 aromatic rings. The van der Waals surface area contributed by atoms with E-state index in [0.29, 0.717) is 22.1 Å². The number of carbonyl (C=O) groups is 1. The first-order valence-electron chi connectivity index (χ1n) is 6.64. The summed E-state index contributed by atoms with van der Waals surface area (Å²) in [4.78, 5) is 12.1. The van der Waals surface area contributed by atoms with Gasteiger partial charge in [0.25, 0.3) is 5.91 Å². The maximum absolute atomic E-state index is 13.1. The molecule has 1 aromatic carbocycles. The van der Waals surface area contributed by atoms with Gasteiger partial charge in [-0.15, -0.1) is 0 Å². The normalized spacial score (nSPS) is 29.3. The number of halogens is 2. The van der Waals surface area contributed by atoms with E-state index >= 15 is 0 Å². The van der Waals surface area contributed by atoms with Crippen LogP contribution in [-0.2, 0) is 0 Å². The van der Waals surface area contributed by atoms with Crippen LogP contribution in [0.1, 0.15) is 36.0 Å². The Morgan fingerprint density at radius 2 is 2.00 bits per heavy atom. The zero-order chi connectivity index (χ0) is 13.4. The standard InChI is InChI=1S/C14H16BrFN2O/c15-12-5-8(1-4-13(12)16)14(19)18-11-6-9-2-3-10(7-11)17-9/h1,4-5,9-11,17H,2-3,6-7H2,(H,18,19). The highest BCUT2D eigenvalue weighted by atomic mass is 79.9. The van der Waals surface area contributed by atoms with E-state index in [9.17, 15) is 9.18 Å². The van der Waals surface area contributed by atoms with Crippen molar-refractivity contribution in [1.82, 2.24) is 10.6 Å². The molecule has 2 atom stereocenters. The number of fused-ring (bicyclic) bond motifs is 2. The van der Waals surface area contributed by atoms with Gasteiger partial charge >= 0.3 is 0 Å². The fraction of sp³-hybridized carbons (Fsp3) is 0.500. The van der Waals surface area contributed by atoms with Crippen LogP contribution in [-0.4, -0.2) is 24.0 Å². The van der Waals surface area contributed by atoms with E-state index in [1.807, 2.05) is 0 Å². The highest BCUT2D eigenvalue weighted by Gasteiger charge is 2.34. The van der Waals surface area contributed by atoms with Crippen molar-refractivity contribution >= 4 is 21.8 Å². The Kier molecular flexibility index (Phi) is 3.58. The predicted octanol–water partition coefficient (Wildman–Crippen LogP) is 2.60. The summed E-state index contributed by atoms with van der Waals surface area (Å²) in [5.74, 6) is -0.469. The van der Waals surface area contributed by atoms with Crippen LogP contribution in [0.3, 0.4) is 0 Å². The van der Waals surface area contributed by atoms with Gasteiger partial charge in [0.1, 0.15) is 5.82 Å². The molecule has 2 fully saturated rings. The van der Waals surface area contributed by atoms with Crippen LogP contribution in [0, 0.1) is 5.82 Å². The third-order valence-corrected chi connectivity index (χ3v) is 4.60. The van der Waals surface area contributed by atoms with Crippen molar-refractivity contribution in [2.24, 2.45) is 0 Å². The highest BCUT2D eigenvalue weighted by molar-refractivity contribution is 9.10. The van der Waals surface area contributed by atoms with Gasteiger partial charge in [-0.3, -0.25) is 4.79 Å². The van der Waals surface area contributed by atoms with Gasteiger partial charge in [0.2, 0.25) is 0 Å². The third kappa shape index (κ3) is 2.82. The second-order valence-electron chi connectivity index (χ2n) is 5.41. The van der Waals surface area contributed by atoms with E-state index in [0.717, 1.165) is 12.8 Å². The molecule has 2 unspecified atom stereocenters. The summed E-state index contributed by atoms with van der Waals surface area (Å²) in [6.07, 6.45) is 4.40. The maximum Gasteiger partial charge on any atom is 0.251 e. The molecule has 3 nitrogen and oxygen atoms in total. The molecule has 2 bridgehead atoms. The van der Waals surface area contributed by atoms with E-state index < -0.39 is 0 Å². The van der Waals surface area contributed by atoms with Crippen molar-refractivity contribution in [1.29, 1.82) is 0 Å². The molecule has 2 aliphatic heterocycles. The lowest BCUT2D eigenvalue weighted by Gasteiger charge is -2.29. The second-order valence-corrected chi connectivity index (χ2v) is 6.26. The van der Waals surface area contributed by atoms with Crippen LogP contribution in [0.2, 0.25) is 0 Å². The summed E-state index contributed by atoms with van der Waals surface area (Å²) in [7, 11) is 0. The van der Waals surface area contributed by atoms with Gasteiger partial charge < -0.3 is 10.6 Å². The molecule has 2 aliphatic rings. The van der Waals surface area contributed by atoms with E-state index in [1.165, 1.54) is 31.0 Å². The van der Waals surface area contributed by atoms with E-state index in [4.69, 9.17) is 0 Å². The Morgan fingerprint density at radius 3 is 2.63 bits per heavy atom. The summed E-state index contributed by atoms with van der Waals surface area (Å²) in [5.41, 5.74) is 0.499. The van der Waals surface area contributed by atoms with E-state index in [2.05, 4.69) is 26.6 Å². The SMILES string of the molecule is O=C(NC1CC2CCC(C1)N2)c1ccc(F)c(Br)c1. The minimum atomic E-state index is -0.350. The smallest absolute Gasteiger partial charge is 0.251 e. The van der Waals surface area contributed by atoms with E-state index in [1.54, 1.807) is 0 Å². The maximum atomic E-state index is 13.1. The van der Waals surface area contributed by atoms with Gasteiger partial charge in [-0.25, -0.2) is 4.39 Å². The first-order valence-corrected chi connectivity index (χ1v) is 7.43. The van der Waals surface area contributed by atoms with Gasteiger partial charge in [0.15, 0.2) is 0 Å². The number of rotatable bonds is 2. The fourth-order valence-electron chi connectivity index (χ4n) is 3.08. The molecule has 0 radical (unpaired) electrons. The molecule has 102 valence electrons. The summed E-state index contributed by atoms with van der Waals surface area (Å²) >= 11 is 3.10. The summed E-state index contributed by atoms with van der Waals surface area (Å²) in [6.45, 7) is 0. The minimum Gasteiger partial charge on any atom is -0.349 e. The first-order chi connectivity index (χ1) is 9.11.